The number of hydrogen-bond acceptors (Lipinski definition) is 3. The van der Waals surface area contributed by atoms with Crippen LogP contribution in [0.5, 0.6) is 0 Å². The molecule has 0 fully saturated rings. The zero-order valence-corrected chi connectivity index (χ0v) is 19.4. The zero-order valence-electron chi connectivity index (χ0n) is 15.1. The van der Waals surface area contributed by atoms with Crippen LogP contribution in [-0.4, -0.2) is 16.0 Å². The van der Waals surface area contributed by atoms with Gasteiger partial charge in [-0.25, -0.2) is 22.4 Å². The van der Waals surface area contributed by atoms with Crippen molar-refractivity contribution in [2.75, 3.05) is 0 Å². The highest BCUT2D eigenvalue weighted by molar-refractivity contribution is 14.1. The predicted molar refractivity (Wildman–Crippen MR) is 119 cm³/mol. The molecule has 3 aromatic rings. The van der Waals surface area contributed by atoms with Gasteiger partial charge in [-0.3, -0.25) is 9.97 Å². The van der Waals surface area contributed by atoms with Crippen molar-refractivity contribution in [2.24, 2.45) is 0 Å². The molecule has 2 amide bonds. The highest BCUT2D eigenvalue weighted by atomic mass is 127. The Hall–Kier alpha value is -2.03. The van der Waals surface area contributed by atoms with Crippen LogP contribution in [-0.2, 0) is 13.1 Å². The third-order valence-electron chi connectivity index (χ3n) is 3.47. The average molecular weight is 644 g/mol. The second kappa shape index (κ2) is 12.0. The third kappa shape index (κ3) is 7.04. The molecule has 11 heteroatoms. The summed E-state index contributed by atoms with van der Waals surface area (Å²) in [5, 5.41) is 5.46. The van der Waals surface area contributed by atoms with Gasteiger partial charge in [-0.2, -0.15) is 0 Å². The summed E-state index contributed by atoms with van der Waals surface area (Å²) in [6.07, 6.45) is 3.39. The van der Waals surface area contributed by atoms with Crippen LogP contribution in [0.3, 0.4) is 0 Å². The summed E-state index contributed by atoms with van der Waals surface area (Å²) >= 11 is 2.41. The first kappa shape index (κ1) is 24.2. The van der Waals surface area contributed by atoms with E-state index in [1.807, 2.05) is 36.4 Å². The maximum Gasteiger partial charge on any atom is 0.315 e. The molecule has 0 saturated carbocycles. The van der Waals surface area contributed by atoms with Gasteiger partial charge in [0.25, 0.3) is 0 Å². The van der Waals surface area contributed by atoms with Crippen molar-refractivity contribution in [2.45, 2.75) is 13.1 Å². The number of urea groups is 1. The van der Waals surface area contributed by atoms with Gasteiger partial charge in [-0.1, -0.05) is 12.1 Å². The summed E-state index contributed by atoms with van der Waals surface area (Å²) in [4.78, 5) is 19.7. The van der Waals surface area contributed by atoms with E-state index < -0.39 is 30.4 Å². The lowest BCUT2D eigenvalue weighted by Gasteiger charge is -2.06. The predicted octanol–water partition coefficient (Wildman–Crippen LogP) is 4.93. The molecule has 0 atom stereocenters. The Morgan fingerprint density at radius 2 is 1.10 bits per heavy atom. The van der Waals surface area contributed by atoms with Gasteiger partial charge in [0.1, 0.15) is 0 Å². The highest BCUT2D eigenvalue weighted by Gasteiger charge is 2.21. The van der Waals surface area contributed by atoms with Gasteiger partial charge in [0.15, 0.2) is 23.3 Å². The van der Waals surface area contributed by atoms with Crippen LogP contribution < -0.4 is 10.6 Å². The molecule has 1 aromatic carbocycles. The van der Waals surface area contributed by atoms with Crippen molar-refractivity contribution >= 4 is 51.2 Å². The SMILES string of the molecule is Fc1c(F)c(I)c(F)c(F)c1I.O=C(NCc1ccccn1)NCc1ccccn1. The Kier molecular flexibility index (Phi) is 9.68. The Bertz CT molecular complexity index is 844. The molecule has 30 heavy (non-hydrogen) atoms. The van der Waals surface area contributed by atoms with Crippen molar-refractivity contribution in [1.82, 2.24) is 20.6 Å². The molecule has 0 aliphatic carbocycles. The Morgan fingerprint density at radius 1 is 0.733 bits per heavy atom. The minimum atomic E-state index is -1.35. The molecular weight excluding hydrogens is 630 g/mol. The molecule has 3 rings (SSSR count). The van der Waals surface area contributed by atoms with Gasteiger partial charge in [0.05, 0.1) is 31.6 Å². The number of hydrogen-bond donors (Lipinski definition) is 2. The standard InChI is InChI=1S/C13H14N4O.C6F4I2/c18-13(16-9-11-5-1-3-7-14-11)17-10-12-6-2-4-8-15-12;7-1-2(8)6(12)4(10)3(9)5(1)11/h1-8H,9-10H2,(H2,16,17,18);. The van der Waals surface area contributed by atoms with E-state index in [1.165, 1.54) is 45.2 Å². The van der Waals surface area contributed by atoms with Crippen molar-refractivity contribution in [3.05, 3.63) is 90.6 Å². The normalized spacial score (nSPS) is 10.1. The first-order valence-corrected chi connectivity index (χ1v) is 10.5. The fraction of sp³-hybridized carbons (Fsp3) is 0.105. The number of pyridine rings is 2. The molecule has 2 aromatic heterocycles. The van der Waals surface area contributed by atoms with Crippen LogP contribution >= 0.6 is 45.2 Å². The minimum Gasteiger partial charge on any atom is -0.333 e. The van der Waals surface area contributed by atoms with E-state index in [9.17, 15) is 22.4 Å². The lowest BCUT2D eigenvalue weighted by molar-refractivity contribution is 0.240. The number of rotatable bonds is 4. The average Bonchev–Trinajstić information content (AvgIpc) is 2.79. The number of benzene rings is 1. The molecule has 0 saturated heterocycles. The summed E-state index contributed by atoms with van der Waals surface area (Å²) in [6, 6.07) is 10.9. The molecule has 0 bridgehead atoms. The number of amides is 2. The number of carbonyl (C=O) groups excluding carboxylic acids is 1. The molecule has 0 aliphatic rings. The number of aromatic nitrogens is 2. The summed E-state index contributed by atoms with van der Waals surface area (Å²) in [7, 11) is 0. The lowest BCUT2D eigenvalue weighted by atomic mass is 10.3. The molecular formula is C19H14F4I2N4O. The fourth-order valence-corrected chi connectivity index (χ4v) is 2.93. The van der Waals surface area contributed by atoms with E-state index in [0.717, 1.165) is 11.4 Å². The molecule has 0 aliphatic heterocycles. The summed E-state index contributed by atoms with van der Waals surface area (Å²) in [5.74, 6) is -5.39. The third-order valence-corrected chi connectivity index (χ3v) is 5.36. The molecule has 2 N–H and O–H groups in total. The van der Waals surface area contributed by atoms with E-state index in [-0.39, 0.29) is 6.03 Å². The van der Waals surface area contributed by atoms with Crippen LogP contribution in [0.2, 0.25) is 0 Å². The zero-order chi connectivity index (χ0) is 22.1. The largest absolute Gasteiger partial charge is 0.333 e. The Balaban J connectivity index is 0.000000232. The van der Waals surface area contributed by atoms with Crippen molar-refractivity contribution in [1.29, 1.82) is 0 Å². The van der Waals surface area contributed by atoms with Crippen LogP contribution in [0.25, 0.3) is 0 Å². The fourth-order valence-electron chi connectivity index (χ4n) is 1.99. The molecule has 0 spiro atoms. The van der Waals surface area contributed by atoms with E-state index >= 15 is 0 Å². The van der Waals surface area contributed by atoms with Crippen LogP contribution in [0, 0.1) is 30.4 Å². The number of nitrogens with zero attached hydrogens (tertiary/aromatic N) is 2. The number of halogens is 6. The van der Waals surface area contributed by atoms with Crippen molar-refractivity contribution in [3.63, 3.8) is 0 Å². The van der Waals surface area contributed by atoms with Gasteiger partial charge < -0.3 is 10.6 Å². The van der Waals surface area contributed by atoms with E-state index in [2.05, 4.69) is 20.6 Å². The molecule has 158 valence electrons. The summed E-state index contributed by atoms with van der Waals surface area (Å²) in [5.41, 5.74) is 1.65. The van der Waals surface area contributed by atoms with Gasteiger partial charge in [-0.15, -0.1) is 0 Å². The van der Waals surface area contributed by atoms with Crippen LogP contribution in [0.15, 0.2) is 48.8 Å². The van der Waals surface area contributed by atoms with Crippen molar-refractivity contribution < 1.29 is 22.4 Å². The van der Waals surface area contributed by atoms with E-state index in [4.69, 9.17) is 0 Å². The van der Waals surface area contributed by atoms with Crippen LogP contribution in [0.4, 0.5) is 22.4 Å². The smallest absolute Gasteiger partial charge is 0.315 e. The maximum absolute atomic E-state index is 12.6. The van der Waals surface area contributed by atoms with E-state index in [1.54, 1.807) is 12.4 Å². The minimum absolute atomic E-state index is 0.230. The molecule has 0 radical (unpaired) electrons. The summed E-state index contributed by atoms with van der Waals surface area (Å²) < 4.78 is 49.2. The van der Waals surface area contributed by atoms with E-state index in [0.29, 0.717) is 13.1 Å². The second-order valence-corrected chi connectivity index (χ2v) is 7.72. The van der Waals surface area contributed by atoms with Gasteiger partial charge in [0, 0.05) is 12.4 Å². The van der Waals surface area contributed by atoms with Gasteiger partial charge in [0.2, 0.25) is 0 Å². The molecule has 5 nitrogen and oxygen atoms in total. The Morgan fingerprint density at radius 3 is 1.40 bits per heavy atom. The molecule has 2 heterocycles. The first-order valence-electron chi connectivity index (χ1n) is 8.29. The Labute approximate surface area is 197 Å². The lowest BCUT2D eigenvalue weighted by Crippen LogP contribution is -2.34. The topological polar surface area (TPSA) is 66.9 Å². The van der Waals surface area contributed by atoms with Crippen molar-refractivity contribution in [3.8, 4) is 0 Å². The first-order chi connectivity index (χ1) is 14.3. The quantitative estimate of drug-likeness (QED) is 0.184. The molecule has 0 unspecified atom stereocenters. The highest BCUT2D eigenvalue weighted by Crippen LogP contribution is 2.25. The van der Waals surface area contributed by atoms with Gasteiger partial charge in [-0.05, 0) is 69.4 Å². The monoisotopic (exact) mass is 644 g/mol. The van der Waals surface area contributed by atoms with Crippen LogP contribution in [0.1, 0.15) is 11.4 Å². The summed E-state index contributed by atoms with van der Waals surface area (Å²) in [6.45, 7) is 0.823. The van der Waals surface area contributed by atoms with Gasteiger partial charge >= 0.3 is 6.03 Å². The number of carbonyl (C=O) groups is 1. The second-order valence-electron chi connectivity index (χ2n) is 5.56. The maximum atomic E-state index is 12.6. The number of nitrogens with one attached hydrogen (secondary N) is 2.